The molecule has 2 saturated heterocycles. The fourth-order valence-electron chi connectivity index (χ4n) is 3.34. The highest BCUT2D eigenvalue weighted by atomic mass is 32.2. The van der Waals surface area contributed by atoms with Crippen LogP contribution in [0.2, 0.25) is 0 Å². The summed E-state index contributed by atoms with van der Waals surface area (Å²) in [6.07, 6.45) is 3.65. The zero-order chi connectivity index (χ0) is 16.4. The Morgan fingerprint density at radius 1 is 1.48 bits per heavy atom. The number of ether oxygens (including phenoxy) is 1. The van der Waals surface area contributed by atoms with Gasteiger partial charge >= 0.3 is 0 Å². The number of likely N-dealkylation sites (tertiary alicyclic amines) is 1. The summed E-state index contributed by atoms with van der Waals surface area (Å²) < 4.78 is 7.38. The van der Waals surface area contributed by atoms with Gasteiger partial charge in [-0.3, -0.25) is 14.3 Å². The SMILES string of the molecule is CSCC(=O)N1C[C@@H]2[C@@H](CNC(=O)c3ccnn3C)CO[C@@H]2C1. The summed E-state index contributed by atoms with van der Waals surface area (Å²) in [5.41, 5.74) is 0.545. The smallest absolute Gasteiger partial charge is 0.269 e. The topological polar surface area (TPSA) is 76.5 Å². The quantitative estimate of drug-likeness (QED) is 0.817. The molecule has 1 N–H and O–H groups in total. The molecule has 2 aliphatic heterocycles. The van der Waals surface area contributed by atoms with E-state index in [1.165, 1.54) is 0 Å². The molecule has 3 rings (SSSR count). The number of aryl methyl sites for hydroxylation is 1. The zero-order valence-electron chi connectivity index (χ0n) is 13.4. The molecule has 0 saturated carbocycles. The van der Waals surface area contributed by atoms with Crippen LogP contribution in [-0.4, -0.2) is 70.8 Å². The van der Waals surface area contributed by atoms with Gasteiger partial charge in [-0.25, -0.2) is 0 Å². The first-order chi connectivity index (χ1) is 11.1. The molecule has 8 heteroatoms. The average Bonchev–Trinajstić information content (AvgIpc) is 3.20. The lowest BCUT2D eigenvalue weighted by molar-refractivity contribution is -0.128. The van der Waals surface area contributed by atoms with Gasteiger partial charge in [0, 0.05) is 44.7 Å². The highest BCUT2D eigenvalue weighted by Crippen LogP contribution is 2.33. The van der Waals surface area contributed by atoms with Crippen LogP contribution in [0.15, 0.2) is 12.3 Å². The molecule has 3 heterocycles. The van der Waals surface area contributed by atoms with E-state index in [1.54, 1.807) is 35.8 Å². The highest BCUT2D eigenvalue weighted by molar-refractivity contribution is 7.99. The van der Waals surface area contributed by atoms with Crippen molar-refractivity contribution in [2.45, 2.75) is 6.10 Å². The Morgan fingerprint density at radius 3 is 3.00 bits per heavy atom. The Bertz CT molecular complexity index is 591. The summed E-state index contributed by atoms with van der Waals surface area (Å²) in [6.45, 7) is 2.62. The molecule has 1 aromatic heterocycles. The van der Waals surface area contributed by atoms with Crippen LogP contribution in [0.4, 0.5) is 0 Å². The predicted molar refractivity (Wildman–Crippen MR) is 87.2 cm³/mol. The minimum atomic E-state index is -0.123. The molecule has 3 atom stereocenters. The molecule has 0 aromatic carbocycles. The van der Waals surface area contributed by atoms with Crippen LogP contribution in [0.1, 0.15) is 10.5 Å². The Balaban J connectivity index is 1.53. The van der Waals surface area contributed by atoms with Crippen LogP contribution in [-0.2, 0) is 16.6 Å². The minimum Gasteiger partial charge on any atom is -0.376 e. The number of amides is 2. The van der Waals surface area contributed by atoms with Crippen LogP contribution in [0.5, 0.6) is 0 Å². The summed E-state index contributed by atoms with van der Waals surface area (Å²) >= 11 is 1.54. The lowest BCUT2D eigenvalue weighted by Gasteiger charge is -2.20. The molecule has 1 aromatic rings. The number of hydrogen-bond acceptors (Lipinski definition) is 5. The predicted octanol–water partition coefficient (Wildman–Crippen LogP) is -0.0137. The van der Waals surface area contributed by atoms with Gasteiger partial charge in [0.1, 0.15) is 5.69 Å². The van der Waals surface area contributed by atoms with E-state index in [1.807, 2.05) is 11.2 Å². The van der Waals surface area contributed by atoms with Crippen molar-refractivity contribution in [2.75, 3.05) is 38.2 Å². The molecule has 0 bridgehead atoms. The van der Waals surface area contributed by atoms with Gasteiger partial charge in [0.15, 0.2) is 0 Å². The highest BCUT2D eigenvalue weighted by Gasteiger charge is 2.44. The van der Waals surface area contributed by atoms with Crippen molar-refractivity contribution in [3.63, 3.8) is 0 Å². The van der Waals surface area contributed by atoms with Gasteiger partial charge in [-0.2, -0.15) is 16.9 Å². The van der Waals surface area contributed by atoms with Crippen molar-refractivity contribution in [2.24, 2.45) is 18.9 Å². The van der Waals surface area contributed by atoms with E-state index in [0.29, 0.717) is 37.1 Å². The van der Waals surface area contributed by atoms with Gasteiger partial charge in [-0.05, 0) is 12.3 Å². The summed E-state index contributed by atoms with van der Waals surface area (Å²) in [7, 11) is 1.75. The molecular weight excluding hydrogens is 316 g/mol. The number of rotatable bonds is 5. The summed E-state index contributed by atoms with van der Waals surface area (Å²) in [5, 5.41) is 6.96. The Morgan fingerprint density at radius 2 is 2.30 bits per heavy atom. The first-order valence-electron chi connectivity index (χ1n) is 7.74. The number of hydrogen-bond donors (Lipinski definition) is 1. The lowest BCUT2D eigenvalue weighted by Crippen LogP contribution is -2.36. The second kappa shape index (κ2) is 6.92. The third-order valence-corrected chi connectivity index (χ3v) is 5.17. The Kier molecular flexibility index (Phi) is 4.91. The zero-order valence-corrected chi connectivity index (χ0v) is 14.2. The van der Waals surface area contributed by atoms with Gasteiger partial charge in [-0.15, -0.1) is 0 Å². The van der Waals surface area contributed by atoms with Gasteiger partial charge in [0.2, 0.25) is 5.91 Å². The van der Waals surface area contributed by atoms with E-state index in [0.717, 1.165) is 6.54 Å². The Hall–Kier alpha value is -1.54. The molecule has 126 valence electrons. The van der Waals surface area contributed by atoms with Crippen molar-refractivity contribution in [1.82, 2.24) is 20.0 Å². The summed E-state index contributed by atoms with van der Waals surface area (Å²) in [5.74, 6) is 1.13. The van der Waals surface area contributed by atoms with Crippen molar-refractivity contribution in [3.05, 3.63) is 18.0 Å². The third kappa shape index (κ3) is 3.37. The van der Waals surface area contributed by atoms with E-state index in [2.05, 4.69) is 10.4 Å². The van der Waals surface area contributed by atoms with Crippen LogP contribution in [0, 0.1) is 11.8 Å². The van der Waals surface area contributed by atoms with Crippen molar-refractivity contribution in [1.29, 1.82) is 0 Å². The molecule has 0 radical (unpaired) electrons. The monoisotopic (exact) mass is 338 g/mol. The molecular formula is C15H22N4O3S. The van der Waals surface area contributed by atoms with E-state index < -0.39 is 0 Å². The molecule has 2 fully saturated rings. The van der Waals surface area contributed by atoms with Gasteiger partial charge in [-0.1, -0.05) is 0 Å². The summed E-state index contributed by atoms with van der Waals surface area (Å²) in [6, 6.07) is 1.70. The van der Waals surface area contributed by atoms with E-state index in [-0.39, 0.29) is 23.8 Å². The molecule has 7 nitrogen and oxygen atoms in total. The largest absolute Gasteiger partial charge is 0.376 e. The van der Waals surface area contributed by atoms with Crippen LogP contribution in [0.25, 0.3) is 0 Å². The number of fused-ring (bicyclic) bond motifs is 1. The summed E-state index contributed by atoms with van der Waals surface area (Å²) in [4.78, 5) is 26.1. The van der Waals surface area contributed by atoms with Crippen LogP contribution >= 0.6 is 11.8 Å². The molecule has 2 amide bonds. The number of carbonyl (C=O) groups is 2. The first kappa shape index (κ1) is 16.3. The number of nitrogens with zero attached hydrogens (tertiary/aromatic N) is 3. The molecule has 0 unspecified atom stereocenters. The standard InChI is InChI=1S/C15H22N4O3S/c1-18-12(3-4-17-18)15(21)16-5-10-8-22-13-7-19(6-11(10)13)14(20)9-23-2/h3-4,10-11,13H,5-9H2,1-2H3,(H,16,21)/t10-,11+,13+/m0/s1. The molecule has 0 spiro atoms. The maximum Gasteiger partial charge on any atom is 0.269 e. The van der Waals surface area contributed by atoms with Gasteiger partial charge in [0.05, 0.1) is 18.5 Å². The fraction of sp³-hybridized carbons (Fsp3) is 0.667. The second-order valence-corrected chi connectivity index (χ2v) is 6.94. The van der Waals surface area contributed by atoms with Crippen LogP contribution in [0.3, 0.4) is 0 Å². The first-order valence-corrected chi connectivity index (χ1v) is 9.14. The van der Waals surface area contributed by atoms with Gasteiger partial charge < -0.3 is 15.0 Å². The Labute approximate surface area is 139 Å². The average molecular weight is 338 g/mol. The number of carbonyl (C=O) groups excluding carboxylic acids is 2. The van der Waals surface area contributed by atoms with Crippen molar-refractivity contribution < 1.29 is 14.3 Å². The van der Waals surface area contributed by atoms with Crippen molar-refractivity contribution >= 4 is 23.6 Å². The van der Waals surface area contributed by atoms with E-state index >= 15 is 0 Å². The molecule has 2 aliphatic rings. The maximum atomic E-state index is 12.2. The normalized spacial score (nSPS) is 26.3. The molecule has 0 aliphatic carbocycles. The van der Waals surface area contributed by atoms with Crippen LogP contribution < -0.4 is 5.32 Å². The maximum absolute atomic E-state index is 12.2. The van der Waals surface area contributed by atoms with Crippen molar-refractivity contribution in [3.8, 4) is 0 Å². The fourth-order valence-corrected chi connectivity index (χ4v) is 3.77. The van der Waals surface area contributed by atoms with E-state index in [4.69, 9.17) is 4.74 Å². The van der Waals surface area contributed by atoms with Gasteiger partial charge in [0.25, 0.3) is 5.91 Å². The minimum absolute atomic E-state index is 0.111. The number of thioether (sulfide) groups is 1. The third-order valence-electron chi connectivity index (χ3n) is 4.64. The number of nitrogens with one attached hydrogen (secondary N) is 1. The number of aromatic nitrogens is 2. The second-order valence-electron chi connectivity index (χ2n) is 6.08. The molecule has 23 heavy (non-hydrogen) atoms. The lowest BCUT2D eigenvalue weighted by atomic mass is 9.93. The van der Waals surface area contributed by atoms with E-state index in [9.17, 15) is 9.59 Å².